The molecule has 1 aliphatic rings. The number of halogens is 2. The van der Waals surface area contributed by atoms with E-state index in [1.807, 2.05) is 0 Å². The van der Waals surface area contributed by atoms with Crippen LogP contribution < -0.4 is 5.73 Å². The fourth-order valence-electron chi connectivity index (χ4n) is 2.48. The van der Waals surface area contributed by atoms with Gasteiger partial charge in [0.2, 0.25) is 0 Å². The fourth-order valence-corrected chi connectivity index (χ4v) is 2.71. The van der Waals surface area contributed by atoms with E-state index in [-0.39, 0.29) is 11.4 Å². The van der Waals surface area contributed by atoms with Crippen molar-refractivity contribution in [1.82, 2.24) is 0 Å². The first-order valence-corrected chi connectivity index (χ1v) is 6.20. The van der Waals surface area contributed by atoms with E-state index in [1.165, 1.54) is 31.4 Å². The van der Waals surface area contributed by atoms with Gasteiger partial charge in [0.05, 0.1) is 0 Å². The number of rotatable bonds is 2. The van der Waals surface area contributed by atoms with Gasteiger partial charge in [-0.1, -0.05) is 36.9 Å². The Morgan fingerprint density at radius 3 is 2.56 bits per heavy atom. The first-order valence-electron chi connectivity index (χ1n) is 5.82. The smallest absolute Gasteiger partial charge is 0.124 e. The van der Waals surface area contributed by atoms with Crippen molar-refractivity contribution in [3.63, 3.8) is 0 Å². The van der Waals surface area contributed by atoms with Crippen LogP contribution in [0.2, 0.25) is 5.02 Å². The highest BCUT2D eigenvalue weighted by Gasteiger charge is 2.28. The van der Waals surface area contributed by atoms with Gasteiger partial charge in [0.15, 0.2) is 0 Å². The van der Waals surface area contributed by atoms with Crippen molar-refractivity contribution in [2.75, 3.05) is 0 Å². The molecule has 0 saturated heterocycles. The summed E-state index contributed by atoms with van der Waals surface area (Å²) in [4.78, 5) is 0. The maximum Gasteiger partial charge on any atom is 0.124 e. The van der Waals surface area contributed by atoms with Gasteiger partial charge in [-0.25, -0.2) is 4.39 Å². The summed E-state index contributed by atoms with van der Waals surface area (Å²) in [6, 6.07) is 4.57. The zero-order valence-electron chi connectivity index (χ0n) is 9.31. The molecule has 1 aromatic carbocycles. The number of hydrogen-bond donors (Lipinski definition) is 1. The third-order valence-electron chi connectivity index (χ3n) is 3.41. The molecule has 1 aromatic rings. The maximum absolute atomic E-state index is 12.9. The van der Waals surface area contributed by atoms with Crippen molar-refractivity contribution in [2.45, 2.75) is 44.1 Å². The molecule has 0 aromatic heterocycles. The molecule has 0 aliphatic heterocycles. The van der Waals surface area contributed by atoms with Crippen LogP contribution in [0.4, 0.5) is 4.39 Å². The third-order valence-corrected chi connectivity index (χ3v) is 3.76. The fraction of sp³-hybridized carbons (Fsp3) is 0.538. The molecule has 88 valence electrons. The Morgan fingerprint density at radius 1 is 1.25 bits per heavy atom. The van der Waals surface area contributed by atoms with Gasteiger partial charge in [0.1, 0.15) is 5.82 Å². The Kier molecular flexibility index (Phi) is 3.50. The molecule has 3 heteroatoms. The van der Waals surface area contributed by atoms with Gasteiger partial charge < -0.3 is 5.73 Å². The van der Waals surface area contributed by atoms with Crippen LogP contribution in [0.3, 0.4) is 0 Å². The first-order chi connectivity index (χ1) is 7.59. The molecule has 16 heavy (non-hydrogen) atoms. The molecule has 1 fully saturated rings. The van der Waals surface area contributed by atoms with Crippen LogP contribution in [0.15, 0.2) is 18.2 Å². The Hall–Kier alpha value is -0.600. The highest BCUT2D eigenvalue weighted by Crippen LogP contribution is 2.31. The van der Waals surface area contributed by atoms with E-state index in [1.54, 1.807) is 6.07 Å². The molecule has 0 heterocycles. The highest BCUT2D eigenvalue weighted by molar-refractivity contribution is 6.31. The summed E-state index contributed by atoms with van der Waals surface area (Å²) >= 11 is 6.02. The summed E-state index contributed by atoms with van der Waals surface area (Å²) in [7, 11) is 0. The van der Waals surface area contributed by atoms with Crippen molar-refractivity contribution in [3.05, 3.63) is 34.6 Å². The summed E-state index contributed by atoms with van der Waals surface area (Å²) in [5.74, 6) is -0.288. The Balaban J connectivity index is 2.13. The quantitative estimate of drug-likeness (QED) is 0.840. The topological polar surface area (TPSA) is 26.0 Å². The van der Waals surface area contributed by atoms with Crippen molar-refractivity contribution < 1.29 is 4.39 Å². The van der Waals surface area contributed by atoms with Gasteiger partial charge >= 0.3 is 0 Å². The monoisotopic (exact) mass is 241 g/mol. The summed E-state index contributed by atoms with van der Waals surface area (Å²) < 4.78 is 12.9. The van der Waals surface area contributed by atoms with Crippen molar-refractivity contribution in [1.29, 1.82) is 0 Å². The third kappa shape index (κ3) is 2.74. The summed E-state index contributed by atoms with van der Waals surface area (Å²) in [5, 5.41) is 0.496. The second-order valence-corrected chi connectivity index (χ2v) is 5.24. The lowest BCUT2D eigenvalue weighted by Gasteiger charge is -2.33. The molecule has 1 saturated carbocycles. The van der Waals surface area contributed by atoms with E-state index in [0.717, 1.165) is 24.8 Å². The van der Waals surface area contributed by atoms with Crippen LogP contribution in [0.25, 0.3) is 0 Å². The van der Waals surface area contributed by atoms with Crippen LogP contribution in [-0.4, -0.2) is 5.54 Å². The van der Waals surface area contributed by atoms with E-state index in [9.17, 15) is 4.39 Å². The molecule has 2 N–H and O–H groups in total. The van der Waals surface area contributed by atoms with E-state index >= 15 is 0 Å². The average Bonchev–Trinajstić information content (AvgIpc) is 2.23. The molecule has 2 rings (SSSR count). The van der Waals surface area contributed by atoms with Crippen LogP contribution in [0.5, 0.6) is 0 Å². The zero-order chi connectivity index (χ0) is 11.6. The van der Waals surface area contributed by atoms with E-state index < -0.39 is 0 Å². The normalized spacial score (nSPS) is 19.7. The first kappa shape index (κ1) is 11.9. The second-order valence-electron chi connectivity index (χ2n) is 4.84. The van der Waals surface area contributed by atoms with Gasteiger partial charge in [-0.3, -0.25) is 0 Å². The maximum atomic E-state index is 12.9. The van der Waals surface area contributed by atoms with E-state index in [2.05, 4.69) is 0 Å². The van der Waals surface area contributed by atoms with Crippen LogP contribution in [0, 0.1) is 5.82 Å². The minimum atomic E-state index is -0.288. The predicted octanol–water partition coefficient (Wildman–Crippen LogP) is 3.68. The van der Waals surface area contributed by atoms with Crippen LogP contribution in [-0.2, 0) is 6.42 Å². The highest BCUT2D eigenvalue weighted by atomic mass is 35.5. The largest absolute Gasteiger partial charge is 0.325 e. The molecule has 0 radical (unpaired) electrons. The lowest BCUT2D eigenvalue weighted by molar-refractivity contribution is 0.294. The van der Waals surface area contributed by atoms with Gasteiger partial charge in [-0.2, -0.15) is 0 Å². The molecule has 0 bridgehead atoms. The average molecular weight is 242 g/mol. The zero-order valence-corrected chi connectivity index (χ0v) is 10.1. The van der Waals surface area contributed by atoms with E-state index in [0.29, 0.717) is 5.02 Å². The van der Waals surface area contributed by atoms with E-state index in [4.69, 9.17) is 17.3 Å². The standard InChI is InChI=1S/C13H17ClFN/c14-12-8-11(15)5-4-10(12)9-13(16)6-2-1-3-7-13/h4-5,8H,1-3,6-7,9,16H2. The van der Waals surface area contributed by atoms with Gasteiger partial charge in [-0.05, 0) is 37.0 Å². The van der Waals surface area contributed by atoms with Gasteiger partial charge in [-0.15, -0.1) is 0 Å². The van der Waals surface area contributed by atoms with Gasteiger partial charge in [0.25, 0.3) is 0 Å². The minimum absolute atomic E-state index is 0.139. The number of nitrogens with two attached hydrogens (primary N) is 1. The lowest BCUT2D eigenvalue weighted by atomic mass is 9.78. The SMILES string of the molecule is NC1(Cc2ccc(F)cc2Cl)CCCCC1. The van der Waals surface area contributed by atoms with Crippen molar-refractivity contribution in [3.8, 4) is 0 Å². The van der Waals surface area contributed by atoms with Crippen molar-refractivity contribution in [2.24, 2.45) is 5.73 Å². The molecule has 0 unspecified atom stereocenters. The Labute approximate surface area is 101 Å². The van der Waals surface area contributed by atoms with Crippen LogP contribution >= 0.6 is 11.6 Å². The molecule has 0 spiro atoms. The predicted molar refractivity (Wildman–Crippen MR) is 65.1 cm³/mol. The molecular formula is C13H17ClFN. The molecule has 1 aliphatic carbocycles. The summed E-state index contributed by atoms with van der Waals surface area (Å²) in [6.07, 6.45) is 6.49. The minimum Gasteiger partial charge on any atom is -0.325 e. The molecule has 1 nitrogen and oxygen atoms in total. The summed E-state index contributed by atoms with van der Waals surface area (Å²) in [5.41, 5.74) is 7.17. The number of hydrogen-bond acceptors (Lipinski definition) is 1. The Bertz CT molecular complexity index is 372. The second kappa shape index (κ2) is 4.72. The number of benzene rings is 1. The molecular weight excluding hydrogens is 225 g/mol. The van der Waals surface area contributed by atoms with Crippen molar-refractivity contribution >= 4 is 11.6 Å². The molecule has 0 atom stereocenters. The lowest BCUT2D eigenvalue weighted by Crippen LogP contribution is -2.43. The molecule has 0 amide bonds. The van der Waals surface area contributed by atoms with Crippen LogP contribution in [0.1, 0.15) is 37.7 Å². The van der Waals surface area contributed by atoms with Gasteiger partial charge in [0, 0.05) is 10.6 Å². The Morgan fingerprint density at radius 2 is 1.94 bits per heavy atom. The summed E-state index contributed by atoms with van der Waals surface area (Å²) in [6.45, 7) is 0.